The van der Waals surface area contributed by atoms with Crippen molar-refractivity contribution in [2.45, 2.75) is 12.5 Å². The third-order valence-electron chi connectivity index (χ3n) is 3.09. The van der Waals surface area contributed by atoms with Crippen LogP contribution in [-0.2, 0) is 0 Å². The number of nitrogens with one attached hydrogen (secondary N) is 1. The van der Waals surface area contributed by atoms with Crippen LogP contribution in [0.1, 0.15) is 18.0 Å². The van der Waals surface area contributed by atoms with Crippen molar-refractivity contribution in [1.29, 1.82) is 0 Å². The maximum Gasteiger partial charge on any atom is 0.132 e. The number of benzene rings is 2. The van der Waals surface area contributed by atoms with Gasteiger partial charge in [-0.2, -0.15) is 0 Å². The topological polar surface area (TPSA) is 21.3 Å². The molecule has 0 aromatic heterocycles. The maximum absolute atomic E-state index is 5.93. The van der Waals surface area contributed by atoms with E-state index in [0.717, 1.165) is 18.0 Å². The summed E-state index contributed by atoms with van der Waals surface area (Å²) < 4.78 is 5.93. The number of rotatable bonds is 3. The van der Waals surface area contributed by atoms with E-state index in [-0.39, 0.29) is 0 Å². The van der Waals surface area contributed by atoms with E-state index >= 15 is 0 Å². The van der Waals surface area contributed by atoms with E-state index in [9.17, 15) is 0 Å². The zero-order valence-corrected chi connectivity index (χ0v) is 9.60. The zero-order chi connectivity index (χ0) is 11.5. The Morgan fingerprint density at radius 1 is 0.941 bits per heavy atom. The van der Waals surface area contributed by atoms with Crippen molar-refractivity contribution >= 4 is 0 Å². The monoisotopic (exact) mass is 225 g/mol. The van der Waals surface area contributed by atoms with Gasteiger partial charge in [0.05, 0.1) is 0 Å². The molecule has 0 saturated carbocycles. The molecule has 2 nitrogen and oxygen atoms in total. The summed E-state index contributed by atoms with van der Waals surface area (Å²) in [4.78, 5) is 0. The molecule has 1 unspecified atom stereocenters. The molecule has 0 bridgehead atoms. The minimum absolute atomic E-state index is 0.454. The van der Waals surface area contributed by atoms with Crippen molar-refractivity contribution in [2.24, 2.45) is 0 Å². The highest BCUT2D eigenvalue weighted by Crippen LogP contribution is 2.33. The van der Waals surface area contributed by atoms with E-state index in [2.05, 4.69) is 17.4 Å². The van der Waals surface area contributed by atoms with Gasteiger partial charge in [-0.25, -0.2) is 0 Å². The molecule has 1 aliphatic heterocycles. The van der Waals surface area contributed by atoms with Crippen LogP contribution in [0.4, 0.5) is 0 Å². The largest absolute Gasteiger partial charge is 0.457 e. The Hall–Kier alpha value is -1.80. The average Bonchev–Trinajstić information content (AvgIpc) is 2.31. The van der Waals surface area contributed by atoms with Crippen LogP contribution in [0, 0.1) is 0 Å². The lowest BCUT2D eigenvalue weighted by Gasteiger charge is -2.29. The van der Waals surface area contributed by atoms with Gasteiger partial charge in [-0.3, -0.25) is 0 Å². The standard InChI is InChI=1S/C15H15NO/c1-2-6-12(7-3-1)17-15-9-5-4-8-13(15)14-10-11-16-14/h1-9,14,16H,10-11H2. The summed E-state index contributed by atoms with van der Waals surface area (Å²) in [5, 5.41) is 3.41. The van der Waals surface area contributed by atoms with Crippen LogP contribution >= 0.6 is 0 Å². The lowest BCUT2D eigenvalue weighted by molar-refractivity contribution is 0.367. The van der Waals surface area contributed by atoms with Gasteiger partial charge in [-0.15, -0.1) is 0 Å². The fourth-order valence-corrected chi connectivity index (χ4v) is 2.03. The summed E-state index contributed by atoms with van der Waals surface area (Å²) in [6.07, 6.45) is 1.19. The van der Waals surface area contributed by atoms with Gasteiger partial charge < -0.3 is 10.1 Å². The van der Waals surface area contributed by atoms with Crippen LogP contribution in [0.2, 0.25) is 0 Å². The van der Waals surface area contributed by atoms with Gasteiger partial charge in [-0.1, -0.05) is 36.4 Å². The van der Waals surface area contributed by atoms with Crippen molar-refractivity contribution in [3.63, 3.8) is 0 Å². The van der Waals surface area contributed by atoms with Gasteiger partial charge in [0.25, 0.3) is 0 Å². The molecule has 0 amide bonds. The Morgan fingerprint density at radius 2 is 1.65 bits per heavy atom. The molecular weight excluding hydrogens is 210 g/mol. The second kappa shape index (κ2) is 4.60. The molecular formula is C15H15NO. The Bertz CT molecular complexity index is 491. The highest BCUT2D eigenvalue weighted by molar-refractivity contribution is 5.40. The molecule has 2 heteroatoms. The molecule has 1 N–H and O–H groups in total. The molecule has 17 heavy (non-hydrogen) atoms. The van der Waals surface area contributed by atoms with Crippen LogP contribution in [0.3, 0.4) is 0 Å². The van der Waals surface area contributed by atoms with Crippen LogP contribution in [-0.4, -0.2) is 6.54 Å². The molecule has 1 aliphatic rings. The van der Waals surface area contributed by atoms with Crippen molar-refractivity contribution in [3.8, 4) is 11.5 Å². The maximum atomic E-state index is 5.93. The number of hydrogen-bond donors (Lipinski definition) is 1. The van der Waals surface area contributed by atoms with Crippen molar-refractivity contribution in [3.05, 3.63) is 60.2 Å². The third-order valence-corrected chi connectivity index (χ3v) is 3.09. The molecule has 1 fully saturated rings. The number of hydrogen-bond acceptors (Lipinski definition) is 2. The normalized spacial score (nSPS) is 18.5. The van der Waals surface area contributed by atoms with Gasteiger partial charge in [0.15, 0.2) is 0 Å². The summed E-state index contributed by atoms with van der Waals surface area (Å²) in [6.45, 7) is 1.10. The molecule has 1 heterocycles. The van der Waals surface area contributed by atoms with Gasteiger partial charge in [0, 0.05) is 11.6 Å². The lowest BCUT2D eigenvalue weighted by atomic mass is 9.97. The zero-order valence-electron chi connectivity index (χ0n) is 9.60. The first-order chi connectivity index (χ1) is 8.43. The molecule has 2 aromatic rings. The predicted molar refractivity (Wildman–Crippen MR) is 68.3 cm³/mol. The van der Waals surface area contributed by atoms with E-state index in [4.69, 9.17) is 4.74 Å². The number of para-hydroxylation sites is 2. The first kappa shape index (κ1) is 10.4. The molecule has 0 radical (unpaired) electrons. The van der Waals surface area contributed by atoms with E-state index in [1.54, 1.807) is 0 Å². The van der Waals surface area contributed by atoms with Crippen molar-refractivity contribution < 1.29 is 4.74 Å². The van der Waals surface area contributed by atoms with Gasteiger partial charge in [-0.05, 0) is 31.2 Å². The molecule has 0 spiro atoms. The second-order valence-corrected chi connectivity index (χ2v) is 4.25. The summed E-state index contributed by atoms with van der Waals surface area (Å²) in [6, 6.07) is 18.6. The van der Waals surface area contributed by atoms with Gasteiger partial charge >= 0.3 is 0 Å². The third kappa shape index (κ3) is 2.17. The van der Waals surface area contributed by atoms with E-state index in [0.29, 0.717) is 6.04 Å². The lowest BCUT2D eigenvalue weighted by Crippen LogP contribution is -2.35. The van der Waals surface area contributed by atoms with Crippen LogP contribution in [0.25, 0.3) is 0 Å². The Labute approximate surface area is 101 Å². The van der Waals surface area contributed by atoms with Gasteiger partial charge in [0.1, 0.15) is 11.5 Å². The SMILES string of the molecule is c1ccc(Oc2ccccc2C2CCN2)cc1. The first-order valence-electron chi connectivity index (χ1n) is 5.99. The highest BCUT2D eigenvalue weighted by atomic mass is 16.5. The summed E-state index contributed by atoms with van der Waals surface area (Å²) in [5.74, 6) is 1.84. The Balaban J connectivity index is 1.87. The molecule has 86 valence electrons. The quantitative estimate of drug-likeness (QED) is 0.863. The molecule has 2 aromatic carbocycles. The predicted octanol–water partition coefficient (Wildman–Crippen LogP) is 3.51. The molecule has 1 saturated heterocycles. The van der Waals surface area contributed by atoms with E-state index in [1.165, 1.54) is 12.0 Å². The van der Waals surface area contributed by atoms with Crippen LogP contribution in [0.5, 0.6) is 11.5 Å². The smallest absolute Gasteiger partial charge is 0.132 e. The fraction of sp³-hybridized carbons (Fsp3) is 0.200. The minimum Gasteiger partial charge on any atom is -0.457 e. The minimum atomic E-state index is 0.454. The summed E-state index contributed by atoms with van der Waals surface area (Å²) in [5.41, 5.74) is 1.25. The number of ether oxygens (including phenoxy) is 1. The van der Waals surface area contributed by atoms with Crippen molar-refractivity contribution in [1.82, 2.24) is 5.32 Å². The fourth-order valence-electron chi connectivity index (χ4n) is 2.03. The first-order valence-corrected chi connectivity index (χ1v) is 5.99. The van der Waals surface area contributed by atoms with E-state index < -0.39 is 0 Å². The summed E-state index contributed by atoms with van der Waals surface area (Å²) >= 11 is 0. The Kier molecular flexibility index (Phi) is 2.80. The van der Waals surface area contributed by atoms with Gasteiger partial charge in [0.2, 0.25) is 0 Å². The molecule has 0 aliphatic carbocycles. The molecule has 3 rings (SSSR count). The average molecular weight is 225 g/mol. The van der Waals surface area contributed by atoms with Crippen LogP contribution in [0.15, 0.2) is 54.6 Å². The Morgan fingerprint density at radius 3 is 2.35 bits per heavy atom. The van der Waals surface area contributed by atoms with Crippen LogP contribution < -0.4 is 10.1 Å². The highest BCUT2D eigenvalue weighted by Gasteiger charge is 2.21. The summed E-state index contributed by atoms with van der Waals surface area (Å²) in [7, 11) is 0. The van der Waals surface area contributed by atoms with E-state index in [1.807, 2.05) is 42.5 Å². The molecule has 1 atom stereocenters. The van der Waals surface area contributed by atoms with Crippen molar-refractivity contribution in [2.75, 3.05) is 6.54 Å². The second-order valence-electron chi connectivity index (χ2n) is 4.25.